The van der Waals surface area contributed by atoms with E-state index in [0.717, 1.165) is 18.7 Å². The van der Waals surface area contributed by atoms with Crippen molar-refractivity contribution < 1.29 is 4.70 Å². The summed E-state index contributed by atoms with van der Waals surface area (Å²) in [7, 11) is 0. The summed E-state index contributed by atoms with van der Waals surface area (Å²) in [6.45, 7) is 7.37. The number of nitrogens with zero attached hydrogens (tertiary/aromatic N) is 2. The van der Waals surface area contributed by atoms with Crippen LogP contribution in [-0.4, -0.2) is 11.2 Å². The molecule has 0 aliphatic carbocycles. The minimum atomic E-state index is 0.798. The molecule has 0 bridgehead atoms. The molecule has 0 radical (unpaired) electrons. The van der Waals surface area contributed by atoms with Gasteiger partial charge in [0.15, 0.2) is 12.7 Å². The molecular weight excluding hydrogens is 472 g/mol. The number of azo groups is 2. The molecule has 0 saturated heterocycles. The summed E-state index contributed by atoms with van der Waals surface area (Å²) in [5.74, 6) is 0. The highest BCUT2D eigenvalue weighted by atomic mass is 15.2. The SMILES string of the molecule is CCCCCCCCc1ccc(C=C[N+](CC)=Nc2ccc(C)c(-c3ccccc3)c2)cc1-c1ccccc1. The van der Waals surface area contributed by atoms with Gasteiger partial charge in [-0.1, -0.05) is 123 Å². The molecule has 200 valence electrons. The van der Waals surface area contributed by atoms with Crippen molar-refractivity contribution >= 4 is 11.8 Å². The standard InChI is InChI=1S/C37H43N2/c1-4-6-7-8-9-12-21-34-24-23-31(28-37(34)33-19-15-11-16-20-33)26-27-39(5-2)38-35-25-22-30(3)36(29-35)32-17-13-10-14-18-32/h10-11,13-20,22-29H,4-9,12,21H2,1-3H3/q+1. The van der Waals surface area contributed by atoms with Gasteiger partial charge in [-0.15, -0.1) is 0 Å². The van der Waals surface area contributed by atoms with Crippen LogP contribution in [0.15, 0.2) is 108 Å². The molecule has 0 aliphatic heterocycles. The van der Waals surface area contributed by atoms with Crippen LogP contribution >= 0.6 is 0 Å². The highest BCUT2D eigenvalue weighted by molar-refractivity contribution is 5.71. The van der Waals surface area contributed by atoms with Crippen molar-refractivity contribution in [3.8, 4) is 22.3 Å². The van der Waals surface area contributed by atoms with E-state index in [0.29, 0.717) is 0 Å². The highest BCUT2D eigenvalue weighted by Gasteiger charge is 2.09. The van der Waals surface area contributed by atoms with E-state index in [1.165, 1.54) is 77.5 Å². The van der Waals surface area contributed by atoms with Gasteiger partial charge in [-0.25, -0.2) is 0 Å². The zero-order valence-corrected chi connectivity index (χ0v) is 23.9. The summed E-state index contributed by atoms with van der Waals surface area (Å²) in [6, 6.07) is 34.7. The fourth-order valence-corrected chi connectivity index (χ4v) is 5.03. The van der Waals surface area contributed by atoms with Crippen molar-refractivity contribution in [3.05, 3.63) is 120 Å². The molecule has 4 aromatic rings. The molecule has 0 N–H and O–H groups in total. The summed E-state index contributed by atoms with van der Waals surface area (Å²) in [5.41, 5.74) is 9.95. The number of hydrogen-bond donors (Lipinski definition) is 0. The van der Waals surface area contributed by atoms with E-state index < -0.39 is 0 Å². The van der Waals surface area contributed by atoms with Crippen molar-refractivity contribution in [2.45, 2.75) is 65.7 Å². The zero-order valence-electron chi connectivity index (χ0n) is 23.9. The van der Waals surface area contributed by atoms with E-state index in [1.807, 2.05) is 4.70 Å². The second-order valence-electron chi connectivity index (χ2n) is 10.3. The summed E-state index contributed by atoms with van der Waals surface area (Å²) >= 11 is 0. The molecule has 0 fully saturated rings. The van der Waals surface area contributed by atoms with Crippen LogP contribution in [0.25, 0.3) is 28.3 Å². The van der Waals surface area contributed by atoms with Gasteiger partial charge < -0.3 is 0 Å². The summed E-state index contributed by atoms with van der Waals surface area (Å²) < 4.78 is 2.02. The molecule has 0 aromatic heterocycles. The van der Waals surface area contributed by atoms with Crippen molar-refractivity contribution in [3.63, 3.8) is 0 Å². The van der Waals surface area contributed by atoms with E-state index in [1.54, 1.807) is 0 Å². The van der Waals surface area contributed by atoms with Crippen LogP contribution in [0.5, 0.6) is 0 Å². The third-order valence-electron chi connectivity index (χ3n) is 7.33. The van der Waals surface area contributed by atoms with E-state index in [-0.39, 0.29) is 0 Å². The van der Waals surface area contributed by atoms with E-state index in [2.05, 4.69) is 130 Å². The molecule has 0 amide bonds. The van der Waals surface area contributed by atoms with Crippen molar-refractivity contribution in [2.75, 3.05) is 6.54 Å². The molecule has 4 rings (SSSR count). The molecule has 2 heteroatoms. The lowest BCUT2D eigenvalue weighted by Crippen LogP contribution is -1.99. The number of unbranched alkanes of at least 4 members (excludes halogenated alkanes) is 5. The van der Waals surface area contributed by atoms with Gasteiger partial charge in [0.25, 0.3) is 0 Å². The summed E-state index contributed by atoms with van der Waals surface area (Å²) in [4.78, 5) is 0. The minimum absolute atomic E-state index is 0.798. The molecule has 4 aromatic carbocycles. The van der Waals surface area contributed by atoms with Crippen LogP contribution in [0.4, 0.5) is 5.69 Å². The van der Waals surface area contributed by atoms with Gasteiger partial charge in [-0.2, -0.15) is 0 Å². The van der Waals surface area contributed by atoms with Gasteiger partial charge in [-0.05, 0) is 88.9 Å². The second kappa shape index (κ2) is 15.0. The van der Waals surface area contributed by atoms with Crippen LogP contribution in [0.2, 0.25) is 0 Å². The van der Waals surface area contributed by atoms with Crippen molar-refractivity contribution in [1.82, 2.24) is 0 Å². The largest absolute Gasteiger partial charge is 0.196 e. The average Bonchev–Trinajstić information content (AvgIpc) is 2.99. The monoisotopic (exact) mass is 515 g/mol. The van der Waals surface area contributed by atoms with Crippen LogP contribution in [0, 0.1) is 6.92 Å². The number of aryl methyl sites for hydroxylation is 2. The first kappa shape index (κ1) is 28.2. The van der Waals surface area contributed by atoms with Crippen molar-refractivity contribution in [2.24, 2.45) is 5.11 Å². The first-order valence-corrected chi connectivity index (χ1v) is 14.7. The Morgan fingerprint density at radius 1 is 0.667 bits per heavy atom. The fraction of sp³-hybridized carbons (Fsp3) is 0.297. The maximum absolute atomic E-state index is 4.94. The van der Waals surface area contributed by atoms with Crippen LogP contribution in [0.1, 0.15) is 69.1 Å². The van der Waals surface area contributed by atoms with E-state index in [4.69, 9.17) is 5.11 Å². The predicted octanol–water partition coefficient (Wildman–Crippen LogP) is 11.0. The summed E-state index contributed by atoms with van der Waals surface area (Å²) in [6.07, 6.45) is 13.3. The Bertz CT molecular complexity index is 1370. The third kappa shape index (κ3) is 8.35. The van der Waals surface area contributed by atoms with Gasteiger partial charge in [0.1, 0.15) is 5.69 Å². The van der Waals surface area contributed by atoms with E-state index in [9.17, 15) is 0 Å². The Morgan fingerprint density at radius 2 is 1.33 bits per heavy atom. The van der Waals surface area contributed by atoms with Gasteiger partial charge >= 0.3 is 0 Å². The van der Waals surface area contributed by atoms with Crippen LogP contribution in [0.3, 0.4) is 0 Å². The van der Waals surface area contributed by atoms with Gasteiger partial charge in [0, 0.05) is 6.08 Å². The Balaban J connectivity index is 1.54. The van der Waals surface area contributed by atoms with Gasteiger partial charge in [-0.3, -0.25) is 0 Å². The second-order valence-corrected chi connectivity index (χ2v) is 10.3. The lowest BCUT2D eigenvalue weighted by atomic mass is 9.93. The quantitative estimate of drug-likeness (QED) is 0.0956. The first-order valence-electron chi connectivity index (χ1n) is 14.7. The maximum Gasteiger partial charge on any atom is 0.196 e. The number of hydrogen-bond acceptors (Lipinski definition) is 1. The predicted molar refractivity (Wildman–Crippen MR) is 167 cm³/mol. The molecule has 0 unspecified atom stereocenters. The first-order chi connectivity index (χ1) is 19.2. The Labute approximate surface area is 235 Å². The van der Waals surface area contributed by atoms with Crippen LogP contribution < -0.4 is 0 Å². The molecule has 39 heavy (non-hydrogen) atoms. The Morgan fingerprint density at radius 3 is 2.03 bits per heavy atom. The lowest BCUT2D eigenvalue weighted by molar-refractivity contribution is -0.519. The van der Waals surface area contributed by atoms with E-state index >= 15 is 0 Å². The number of rotatable bonds is 13. The Hall–Kier alpha value is -3.78. The molecule has 2 nitrogen and oxygen atoms in total. The van der Waals surface area contributed by atoms with Gasteiger partial charge in [0.05, 0.1) is 0 Å². The highest BCUT2D eigenvalue weighted by Crippen LogP contribution is 2.29. The number of benzene rings is 4. The molecule has 0 atom stereocenters. The van der Waals surface area contributed by atoms with Gasteiger partial charge in [0.2, 0.25) is 0 Å². The average molecular weight is 516 g/mol. The molecular formula is C37H43N2+. The summed E-state index contributed by atoms with van der Waals surface area (Å²) in [5, 5.41) is 4.94. The topological polar surface area (TPSA) is 15.4 Å². The van der Waals surface area contributed by atoms with Crippen molar-refractivity contribution in [1.29, 1.82) is 0 Å². The third-order valence-corrected chi connectivity index (χ3v) is 7.33. The van der Waals surface area contributed by atoms with Crippen LogP contribution in [-0.2, 0) is 6.42 Å². The Kier molecular flexibility index (Phi) is 10.8. The normalized spacial score (nSPS) is 11.8. The minimum Gasteiger partial charge on any atom is -0.0910 e. The molecule has 0 saturated carbocycles. The molecule has 0 spiro atoms. The fourth-order valence-electron chi connectivity index (χ4n) is 5.03. The lowest BCUT2D eigenvalue weighted by Gasteiger charge is -2.11. The smallest absolute Gasteiger partial charge is 0.0910 e. The maximum atomic E-state index is 4.94. The molecule has 0 aliphatic rings. The zero-order chi connectivity index (χ0) is 27.3. The molecule has 0 heterocycles.